The van der Waals surface area contributed by atoms with Crippen molar-refractivity contribution in [3.8, 4) is 0 Å². The molecule has 53 heavy (non-hydrogen) atoms. The maximum absolute atomic E-state index is 14.3. The number of ether oxygens (including phenoxy) is 1. The number of amides is 6. The molecule has 4 atom stereocenters. The highest BCUT2D eigenvalue weighted by molar-refractivity contribution is 6.38. The summed E-state index contributed by atoms with van der Waals surface area (Å²) in [4.78, 5) is 96.3. The number of likely N-dealkylation sites (tertiary alicyclic amines) is 1. The van der Waals surface area contributed by atoms with E-state index >= 15 is 0 Å². The second-order valence-electron chi connectivity index (χ2n) is 16.2. The first-order chi connectivity index (χ1) is 24.9. The van der Waals surface area contributed by atoms with Crippen LogP contribution in [0.1, 0.15) is 98.1 Å². The van der Waals surface area contributed by atoms with Crippen molar-refractivity contribution in [3.05, 3.63) is 35.9 Å². The minimum Gasteiger partial charge on any atom is -0.449 e. The summed E-state index contributed by atoms with van der Waals surface area (Å²) in [5.74, 6) is -4.11. The summed E-state index contributed by atoms with van der Waals surface area (Å²) in [5.41, 5.74) is 0.108. The van der Waals surface area contributed by atoms with E-state index in [4.69, 9.17) is 4.74 Å². The van der Waals surface area contributed by atoms with E-state index in [-0.39, 0.29) is 49.1 Å². The molecular weight excluding hydrogens is 680 g/mol. The fraction of sp³-hybridized carbons (Fsp3) is 0.667. The Bertz CT molecular complexity index is 1460. The van der Waals surface area contributed by atoms with Gasteiger partial charge in [-0.2, -0.15) is 0 Å². The lowest BCUT2D eigenvalue weighted by molar-refractivity contribution is -0.143. The molecule has 2 aliphatic rings. The average molecular weight is 741 g/mol. The monoisotopic (exact) mass is 740 g/mol. The van der Waals surface area contributed by atoms with Crippen LogP contribution in [0, 0.1) is 23.2 Å². The van der Waals surface area contributed by atoms with Gasteiger partial charge in [-0.15, -0.1) is 0 Å². The smallest absolute Gasteiger partial charge is 0.407 e. The second kappa shape index (κ2) is 19.5. The zero-order valence-electron chi connectivity index (χ0n) is 32.7. The third-order valence-corrected chi connectivity index (χ3v) is 9.61. The summed E-state index contributed by atoms with van der Waals surface area (Å²) in [6, 6.07) is 4.60. The van der Waals surface area contributed by atoms with Crippen molar-refractivity contribution in [2.45, 2.75) is 111 Å². The molecule has 0 bridgehead atoms. The van der Waals surface area contributed by atoms with Crippen LogP contribution in [0.3, 0.4) is 0 Å². The molecule has 4 N–H and O–H groups in total. The Kier molecular flexibility index (Phi) is 15.8. The fourth-order valence-corrected chi connectivity index (χ4v) is 6.95. The lowest BCUT2D eigenvalue weighted by atomic mass is 9.83. The number of carbonyl (C=O) groups is 7. The number of nitrogens with one attached hydrogen (secondary N) is 4. The molecule has 1 aliphatic carbocycles. The standard InChI is InChI=1S/C39H60N6O8/c1-24(2)19-28(33(47)35(49)40-21-30(46)42-31(36(50)44(7)8)26-15-11-9-12-16-26)41-34(48)29-20-39(5,6)23-45(29)37(51)32(27-17-13-10-14-18-27)43-38(52)53-22-25(3)4/h9,11-12,15-16,24-25,27-29,31-32H,10,13-14,17-23H2,1-8H3,(H,40,49)(H,41,48)(H,42,46)(H,43,52)/t28-,29-,31?,32-/m0/s1. The third kappa shape index (κ3) is 12.8. The number of alkyl carbamates (subject to hydrolysis) is 1. The fourth-order valence-electron chi connectivity index (χ4n) is 6.95. The van der Waals surface area contributed by atoms with Gasteiger partial charge in [0.2, 0.25) is 29.4 Å². The Hall–Kier alpha value is -4.49. The van der Waals surface area contributed by atoms with Gasteiger partial charge in [-0.1, -0.05) is 91.1 Å². The minimum absolute atomic E-state index is 0.0986. The molecular formula is C39H60N6O8. The number of nitrogens with zero attached hydrogens (tertiary/aromatic N) is 2. The Balaban J connectivity index is 1.74. The molecule has 0 spiro atoms. The normalized spacial score (nSPS) is 18.8. The predicted molar refractivity (Wildman–Crippen MR) is 199 cm³/mol. The van der Waals surface area contributed by atoms with Crippen LogP contribution in [-0.4, -0.2) is 103 Å². The van der Waals surface area contributed by atoms with Crippen molar-refractivity contribution < 1.29 is 38.3 Å². The molecule has 14 heteroatoms. The summed E-state index contributed by atoms with van der Waals surface area (Å²) >= 11 is 0. The number of Topliss-reactive ketones (excluding diaryl/α,β-unsaturated/α-hetero) is 1. The highest BCUT2D eigenvalue weighted by atomic mass is 16.5. The van der Waals surface area contributed by atoms with Gasteiger partial charge in [-0.05, 0) is 54.4 Å². The van der Waals surface area contributed by atoms with Gasteiger partial charge in [0.25, 0.3) is 5.91 Å². The molecule has 14 nitrogen and oxygen atoms in total. The number of carbonyl (C=O) groups excluding carboxylic acids is 7. The molecule has 1 aromatic rings. The molecule has 1 aromatic carbocycles. The van der Waals surface area contributed by atoms with Gasteiger partial charge in [0.1, 0.15) is 18.1 Å². The molecule has 0 radical (unpaired) electrons. The van der Waals surface area contributed by atoms with Crippen molar-refractivity contribution >= 4 is 41.4 Å². The summed E-state index contributed by atoms with van der Waals surface area (Å²) in [5, 5.41) is 10.5. The number of ketones is 1. The molecule has 0 aromatic heterocycles. The zero-order valence-corrected chi connectivity index (χ0v) is 32.7. The van der Waals surface area contributed by atoms with Gasteiger partial charge < -0.3 is 35.8 Å². The zero-order chi connectivity index (χ0) is 39.5. The lowest BCUT2D eigenvalue weighted by Gasteiger charge is -2.35. The van der Waals surface area contributed by atoms with E-state index in [1.165, 1.54) is 9.80 Å². The summed E-state index contributed by atoms with van der Waals surface area (Å²) < 4.78 is 5.37. The van der Waals surface area contributed by atoms with Crippen LogP contribution in [-0.2, 0) is 33.5 Å². The molecule has 1 heterocycles. The second-order valence-corrected chi connectivity index (χ2v) is 16.2. The van der Waals surface area contributed by atoms with Gasteiger partial charge in [-0.25, -0.2) is 4.79 Å². The van der Waals surface area contributed by atoms with E-state index in [9.17, 15) is 33.6 Å². The van der Waals surface area contributed by atoms with E-state index in [0.29, 0.717) is 12.0 Å². The quantitative estimate of drug-likeness (QED) is 0.187. The number of benzene rings is 1. The molecule has 6 amide bonds. The van der Waals surface area contributed by atoms with E-state index in [1.54, 1.807) is 44.4 Å². The van der Waals surface area contributed by atoms with Crippen LogP contribution >= 0.6 is 0 Å². The highest BCUT2D eigenvalue weighted by Gasteiger charge is 2.47. The minimum atomic E-state index is -1.23. The molecule has 294 valence electrons. The molecule has 1 aliphatic heterocycles. The lowest BCUT2D eigenvalue weighted by Crippen LogP contribution is -2.58. The van der Waals surface area contributed by atoms with Crippen LogP contribution in [0.15, 0.2) is 30.3 Å². The van der Waals surface area contributed by atoms with Crippen molar-refractivity contribution in [1.29, 1.82) is 0 Å². The maximum Gasteiger partial charge on any atom is 0.407 e. The Morgan fingerprint density at radius 3 is 2.11 bits per heavy atom. The number of likely N-dealkylation sites (N-methyl/N-ethyl adjacent to an activating group) is 1. The summed E-state index contributed by atoms with van der Waals surface area (Å²) in [6.07, 6.45) is 4.18. The first kappa shape index (κ1) is 42.9. The van der Waals surface area contributed by atoms with Crippen molar-refractivity contribution in [3.63, 3.8) is 0 Å². The SMILES string of the molecule is CC(C)COC(=O)N[C@H](C(=O)N1CC(C)(C)C[C@H]1C(=O)N[C@@H](CC(C)C)C(=O)C(=O)NCC(=O)NC(C(=O)N(C)C)c1ccccc1)C1CCCCC1. The van der Waals surface area contributed by atoms with Crippen LogP contribution in [0.4, 0.5) is 4.79 Å². The van der Waals surface area contributed by atoms with Crippen molar-refractivity contribution in [2.75, 3.05) is 33.8 Å². The van der Waals surface area contributed by atoms with E-state index in [1.807, 2.05) is 41.5 Å². The van der Waals surface area contributed by atoms with Gasteiger partial charge in [0.05, 0.1) is 19.2 Å². The molecule has 1 saturated carbocycles. The Morgan fingerprint density at radius 1 is 0.887 bits per heavy atom. The number of hydrogen-bond acceptors (Lipinski definition) is 8. The molecule has 1 saturated heterocycles. The number of rotatable bonds is 16. The van der Waals surface area contributed by atoms with Crippen LogP contribution in [0.25, 0.3) is 0 Å². The first-order valence-corrected chi connectivity index (χ1v) is 18.8. The van der Waals surface area contributed by atoms with Crippen molar-refractivity contribution in [1.82, 2.24) is 31.1 Å². The highest BCUT2D eigenvalue weighted by Crippen LogP contribution is 2.36. The number of hydrogen-bond donors (Lipinski definition) is 4. The van der Waals surface area contributed by atoms with Gasteiger partial charge in [0.15, 0.2) is 0 Å². The third-order valence-electron chi connectivity index (χ3n) is 9.61. The Labute approximate surface area is 313 Å². The summed E-state index contributed by atoms with van der Waals surface area (Å²) in [7, 11) is 3.12. The van der Waals surface area contributed by atoms with Gasteiger partial charge in [0, 0.05) is 20.6 Å². The topological polar surface area (TPSA) is 183 Å². The van der Waals surface area contributed by atoms with Crippen LogP contribution < -0.4 is 21.3 Å². The Morgan fingerprint density at radius 2 is 1.53 bits per heavy atom. The summed E-state index contributed by atoms with van der Waals surface area (Å²) in [6.45, 7) is 11.3. The molecule has 1 unspecified atom stereocenters. The first-order valence-electron chi connectivity index (χ1n) is 18.8. The molecule has 2 fully saturated rings. The average Bonchev–Trinajstić information content (AvgIpc) is 3.45. The van der Waals surface area contributed by atoms with E-state index < -0.39 is 65.7 Å². The van der Waals surface area contributed by atoms with Gasteiger partial charge in [-0.3, -0.25) is 28.8 Å². The van der Waals surface area contributed by atoms with Crippen LogP contribution in [0.2, 0.25) is 0 Å². The largest absolute Gasteiger partial charge is 0.449 e. The van der Waals surface area contributed by atoms with E-state index in [2.05, 4.69) is 21.3 Å². The maximum atomic E-state index is 14.3. The van der Waals surface area contributed by atoms with Crippen molar-refractivity contribution in [2.24, 2.45) is 23.2 Å². The molecule has 3 rings (SSSR count). The predicted octanol–water partition coefficient (Wildman–Crippen LogP) is 3.11. The van der Waals surface area contributed by atoms with Crippen LogP contribution in [0.5, 0.6) is 0 Å². The van der Waals surface area contributed by atoms with Gasteiger partial charge >= 0.3 is 6.09 Å². The van der Waals surface area contributed by atoms with E-state index in [0.717, 1.165) is 32.1 Å².